The Bertz CT molecular complexity index is 744. The Labute approximate surface area is 142 Å². The smallest absolute Gasteiger partial charge is 0.272 e. The first kappa shape index (κ1) is 16.2. The monoisotopic (exact) mass is 322 g/mol. The molecule has 1 aliphatic rings. The van der Waals surface area contributed by atoms with Crippen LogP contribution < -0.4 is 9.80 Å². The summed E-state index contributed by atoms with van der Waals surface area (Å²) in [5, 5.41) is 8.28. The number of aromatic nitrogens is 1. The van der Waals surface area contributed by atoms with Crippen molar-refractivity contribution in [2.75, 3.05) is 29.9 Å². The summed E-state index contributed by atoms with van der Waals surface area (Å²) < 4.78 is 0. The zero-order chi connectivity index (χ0) is 17.1. The predicted octanol–water partition coefficient (Wildman–Crippen LogP) is 3.08. The number of carbonyl (C=O) groups is 1. The van der Waals surface area contributed by atoms with E-state index in [1.165, 1.54) is 0 Å². The van der Waals surface area contributed by atoms with E-state index >= 15 is 0 Å². The predicted molar refractivity (Wildman–Crippen MR) is 97.1 cm³/mol. The highest BCUT2D eigenvalue weighted by Crippen LogP contribution is 2.32. The number of para-hydroxylation sites is 2. The van der Waals surface area contributed by atoms with Crippen LogP contribution in [0.1, 0.15) is 24.8 Å². The van der Waals surface area contributed by atoms with E-state index in [1.807, 2.05) is 50.4 Å². The van der Waals surface area contributed by atoms with Gasteiger partial charge in [-0.05, 0) is 29.7 Å². The van der Waals surface area contributed by atoms with Crippen molar-refractivity contribution in [1.29, 1.82) is 5.41 Å². The summed E-state index contributed by atoms with van der Waals surface area (Å²) in [5.41, 5.74) is 3.11. The van der Waals surface area contributed by atoms with Gasteiger partial charge in [0, 0.05) is 39.0 Å². The summed E-state index contributed by atoms with van der Waals surface area (Å²) in [4.78, 5) is 20.8. The third-order valence-electron chi connectivity index (χ3n) is 4.51. The highest BCUT2D eigenvalue weighted by Gasteiger charge is 2.27. The van der Waals surface area contributed by atoms with Crippen LogP contribution in [0.4, 0.5) is 11.4 Å². The molecule has 2 heterocycles. The van der Waals surface area contributed by atoms with E-state index in [1.54, 1.807) is 17.3 Å². The number of amides is 1. The normalized spacial score (nSPS) is 14.9. The molecule has 1 unspecified atom stereocenters. The van der Waals surface area contributed by atoms with Gasteiger partial charge in [0.25, 0.3) is 5.91 Å². The quantitative estimate of drug-likeness (QED) is 0.880. The Morgan fingerprint density at radius 1 is 1.21 bits per heavy atom. The molecule has 1 aromatic carbocycles. The standard InChI is InChI=1S/C19H22N4O/c1-14(15-6-5-9-21-13-15)12-16(20)19(24)23-11-10-22(2)17-7-3-4-8-18(17)23/h3-9,13-14,20H,10-12H2,1-2H3. The number of pyridine rings is 1. The highest BCUT2D eigenvalue weighted by atomic mass is 16.2. The fourth-order valence-corrected chi connectivity index (χ4v) is 3.06. The summed E-state index contributed by atoms with van der Waals surface area (Å²) in [7, 11) is 2.02. The second-order valence-electron chi connectivity index (χ2n) is 6.24. The number of hydrogen-bond donors (Lipinski definition) is 1. The molecule has 0 spiro atoms. The maximum Gasteiger partial charge on any atom is 0.272 e. The number of likely N-dealkylation sites (N-methyl/N-ethyl adjacent to an activating group) is 1. The van der Waals surface area contributed by atoms with Gasteiger partial charge in [0.2, 0.25) is 0 Å². The van der Waals surface area contributed by atoms with Crippen LogP contribution in [0.2, 0.25) is 0 Å². The molecule has 3 rings (SSSR count). The van der Waals surface area contributed by atoms with Gasteiger partial charge in [-0.25, -0.2) is 0 Å². The Morgan fingerprint density at radius 3 is 2.67 bits per heavy atom. The molecule has 124 valence electrons. The highest BCUT2D eigenvalue weighted by molar-refractivity contribution is 6.43. The van der Waals surface area contributed by atoms with Crippen LogP contribution in [0, 0.1) is 5.41 Å². The second kappa shape index (κ2) is 6.83. The van der Waals surface area contributed by atoms with Gasteiger partial charge in [0.15, 0.2) is 0 Å². The number of rotatable bonds is 4. The molecule has 0 saturated heterocycles. The molecule has 0 bridgehead atoms. The first-order chi connectivity index (χ1) is 11.6. The van der Waals surface area contributed by atoms with Crippen LogP contribution in [0.3, 0.4) is 0 Å². The number of anilines is 2. The van der Waals surface area contributed by atoms with Crippen molar-refractivity contribution in [3.63, 3.8) is 0 Å². The number of carbonyl (C=O) groups excluding carboxylic acids is 1. The van der Waals surface area contributed by atoms with E-state index in [9.17, 15) is 4.79 Å². The lowest BCUT2D eigenvalue weighted by Crippen LogP contribution is -2.45. The molecule has 1 atom stereocenters. The lowest BCUT2D eigenvalue weighted by Gasteiger charge is -2.35. The fraction of sp³-hybridized carbons (Fsp3) is 0.316. The van der Waals surface area contributed by atoms with Gasteiger partial charge in [-0.15, -0.1) is 0 Å². The van der Waals surface area contributed by atoms with Crippen molar-refractivity contribution in [2.45, 2.75) is 19.3 Å². The Morgan fingerprint density at radius 2 is 1.96 bits per heavy atom. The number of benzene rings is 1. The van der Waals surface area contributed by atoms with Crippen LogP contribution in [-0.4, -0.2) is 36.7 Å². The zero-order valence-electron chi connectivity index (χ0n) is 14.1. The molecule has 1 aromatic heterocycles. The van der Waals surface area contributed by atoms with E-state index in [-0.39, 0.29) is 17.5 Å². The summed E-state index contributed by atoms with van der Waals surface area (Å²) in [6, 6.07) is 11.7. The van der Waals surface area contributed by atoms with Gasteiger partial charge in [0.1, 0.15) is 0 Å². The topological polar surface area (TPSA) is 60.3 Å². The molecule has 1 aliphatic heterocycles. The van der Waals surface area contributed by atoms with E-state index in [4.69, 9.17) is 5.41 Å². The molecule has 1 amide bonds. The van der Waals surface area contributed by atoms with Gasteiger partial charge in [-0.3, -0.25) is 15.2 Å². The molecular weight excluding hydrogens is 300 g/mol. The number of fused-ring (bicyclic) bond motifs is 1. The van der Waals surface area contributed by atoms with Crippen LogP contribution in [-0.2, 0) is 4.79 Å². The van der Waals surface area contributed by atoms with Crippen LogP contribution >= 0.6 is 0 Å². The van der Waals surface area contributed by atoms with Gasteiger partial charge in [-0.2, -0.15) is 0 Å². The molecule has 0 fully saturated rings. The maximum absolute atomic E-state index is 12.8. The van der Waals surface area contributed by atoms with Gasteiger partial charge in [-0.1, -0.05) is 25.1 Å². The first-order valence-electron chi connectivity index (χ1n) is 8.17. The molecule has 0 saturated carbocycles. The van der Waals surface area contributed by atoms with Crippen molar-refractivity contribution in [3.05, 3.63) is 54.4 Å². The van der Waals surface area contributed by atoms with E-state index in [0.29, 0.717) is 13.0 Å². The molecule has 5 nitrogen and oxygen atoms in total. The Hall–Kier alpha value is -2.69. The van der Waals surface area contributed by atoms with E-state index in [2.05, 4.69) is 9.88 Å². The third kappa shape index (κ3) is 3.15. The second-order valence-corrected chi connectivity index (χ2v) is 6.24. The largest absolute Gasteiger partial charge is 0.371 e. The minimum absolute atomic E-state index is 0.0952. The van der Waals surface area contributed by atoms with Crippen molar-refractivity contribution < 1.29 is 4.79 Å². The van der Waals surface area contributed by atoms with E-state index < -0.39 is 0 Å². The van der Waals surface area contributed by atoms with Crippen molar-refractivity contribution in [3.8, 4) is 0 Å². The summed E-state index contributed by atoms with van der Waals surface area (Å²) >= 11 is 0. The molecule has 2 aromatic rings. The maximum atomic E-state index is 12.8. The van der Waals surface area contributed by atoms with Crippen molar-refractivity contribution in [1.82, 2.24) is 4.98 Å². The first-order valence-corrected chi connectivity index (χ1v) is 8.17. The van der Waals surface area contributed by atoms with Gasteiger partial charge in [0.05, 0.1) is 17.1 Å². The van der Waals surface area contributed by atoms with Crippen LogP contribution in [0.15, 0.2) is 48.8 Å². The lowest BCUT2D eigenvalue weighted by molar-refractivity contribution is -0.112. The van der Waals surface area contributed by atoms with Gasteiger partial charge < -0.3 is 9.80 Å². The molecule has 0 aliphatic carbocycles. The Kier molecular flexibility index (Phi) is 4.60. The SMILES string of the molecule is CC(CC(=N)C(=O)N1CCN(C)c2ccccc21)c1cccnc1. The van der Waals surface area contributed by atoms with Crippen molar-refractivity contribution >= 4 is 23.0 Å². The Balaban J connectivity index is 1.75. The van der Waals surface area contributed by atoms with E-state index in [0.717, 1.165) is 23.5 Å². The zero-order valence-corrected chi connectivity index (χ0v) is 14.1. The average Bonchev–Trinajstić information content (AvgIpc) is 2.62. The number of nitrogens with one attached hydrogen (secondary N) is 1. The molecule has 0 radical (unpaired) electrons. The summed E-state index contributed by atoms with van der Waals surface area (Å²) in [6.45, 7) is 3.40. The minimum atomic E-state index is -0.203. The molecular formula is C19H22N4O. The van der Waals surface area contributed by atoms with Crippen LogP contribution in [0.5, 0.6) is 0 Å². The van der Waals surface area contributed by atoms with Gasteiger partial charge >= 0.3 is 0 Å². The number of hydrogen-bond acceptors (Lipinski definition) is 4. The van der Waals surface area contributed by atoms with Crippen molar-refractivity contribution in [2.24, 2.45) is 0 Å². The average molecular weight is 322 g/mol. The summed E-state index contributed by atoms with van der Waals surface area (Å²) in [5.74, 6) is -0.107. The fourth-order valence-electron chi connectivity index (χ4n) is 3.06. The molecule has 5 heteroatoms. The number of nitrogens with zero attached hydrogens (tertiary/aromatic N) is 3. The molecule has 1 N–H and O–H groups in total. The van der Waals surface area contributed by atoms with Crippen LogP contribution in [0.25, 0.3) is 0 Å². The third-order valence-corrected chi connectivity index (χ3v) is 4.51. The minimum Gasteiger partial charge on any atom is -0.371 e. The molecule has 24 heavy (non-hydrogen) atoms. The lowest BCUT2D eigenvalue weighted by atomic mass is 9.96. The summed E-state index contributed by atoms with van der Waals surface area (Å²) in [6.07, 6.45) is 3.94.